The van der Waals surface area contributed by atoms with Gasteiger partial charge in [0.1, 0.15) is 0 Å². The highest BCUT2D eigenvalue weighted by molar-refractivity contribution is 7.87. The highest BCUT2D eigenvalue weighted by Crippen LogP contribution is 2.07. The molecule has 0 N–H and O–H groups in total. The van der Waals surface area contributed by atoms with Crippen LogP contribution in [0.1, 0.15) is 5.56 Å². The summed E-state index contributed by atoms with van der Waals surface area (Å²) in [7, 11) is -2.52. The molecule has 0 atom stereocenters. The highest BCUT2D eigenvalue weighted by Gasteiger charge is 2.15. The molecule has 0 unspecified atom stereocenters. The summed E-state index contributed by atoms with van der Waals surface area (Å²) >= 11 is 0. The van der Waals surface area contributed by atoms with Crippen LogP contribution in [0.15, 0.2) is 34.7 Å². The summed E-state index contributed by atoms with van der Waals surface area (Å²) in [6.45, 7) is 0.175. The molecule has 1 aromatic rings. The van der Waals surface area contributed by atoms with E-state index in [0.29, 0.717) is 0 Å². The number of nitrogens with zero attached hydrogens (tertiary/aromatic N) is 2. The van der Waals surface area contributed by atoms with Gasteiger partial charge in [0.15, 0.2) is 0 Å². The third-order valence-electron chi connectivity index (χ3n) is 1.79. The van der Waals surface area contributed by atoms with Crippen molar-refractivity contribution in [3.63, 3.8) is 0 Å². The first kappa shape index (κ1) is 11.6. The molecule has 0 saturated heterocycles. The standard InChI is InChI=1S/C9H10N2O3S/c1-11(15(13,14)10-8-12)7-9-5-3-2-4-6-9/h2-6H,7H2,1H3. The van der Waals surface area contributed by atoms with Crippen molar-refractivity contribution in [2.75, 3.05) is 7.05 Å². The number of carbonyl (C=O) groups excluding carboxylic acids is 1. The lowest BCUT2D eigenvalue weighted by Crippen LogP contribution is -2.24. The van der Waals surface area contributed by atoms with E-state index in [1.807, 2.05) is 6.07 Å². The normalized spacial score (nSPS) is 11.1. The Morgan fingerprint density at radius 2 is 1.93 bits per heavy atom. The SMILES string of the molecule is CN(Cc1ccccc1)S(=O)(=O)N=C=O. The predicted molar refractivity (Wildman–Crippen MR) is 55.0 cm³/mol. The Morgan fingerprint density at radius 1 is 1.33 bits per heavy atom. The molecule has 15 heavy (non-hydrogen) atoms. The van der Waals surface area contributed by atoms with Gasteiger partial charge in [-0.15, -0.1) is 0 Å². The molecule has 0 aliphatic rings. The molecule has 0 amide bonds. The quantitative estimate of drug-likeness (QED) is 0.560. The van der Waals surface area contributed by atoms with Gasteiger partial charge >= 0.3 is 10.2 Å². The second-order valence-corrected chi connectivity index (χ2v) is 4.60. The summed E-state index contributed by atoms with van der Waals surface area (Å²) < 4.78 is 26.2. The Morgan fingerprint density at radius 3 is 2.47 bits per heavy atom. The van der Waals surface area contributed by atoms with E-state index in [-0.39, 0.29) is 6.54 Å². The lowest BCUT2D eigenvalue weighted by molar-refractivity contribution is 0.467. The summed E-state index contributed by atoms with van der Waals surface area (Å²) in [5, 5.41) is 0. The van der Waals surface area contributed by atoms with Crippen LogP contribution in [0.25, 0.3) is 0 Å². The van der Waals surface area contributed by atoms with E-state index in [0.717, 1.165) is 15.9 Å². The van der Waals surface area contributed by atoms with Crippen molar-refractivity contribution in [3.05, 3.63) is 35.9 Å². The molecule has 80 valence electrons. The van der Waals surface area contributed by atoms with Crippen molar-refractivity contribution in [1.29, 1.82) is 0 Å². The van der Waals surface area contributed by atoms with E-state index in [1.54, 1.807) is 24.3 Å². The molecule has 0 aliphatic carbocycles. The maximum Gasteiger partial charge on any atom is 0.332 e. The average Bonchev–Trinajstić information content (AvgIpc) is 2.19. The lowest BCUT2D eigenvalue weighted by Gasteiger charge is -2.12. The molecule has 5 nitrogen and oxygen atoms in total. The monoisotopic (exact) mass is 226 g/mol. The minimum Gasteiger partial charge on any atom is -0.210 e. The fraction of sp³-hybridized carbons (Fsp3) is 0.222. The smallest absolute Gasteiger partial charge is 0.210 e. The fourth-order valence-electron chi connectivity index (χ4n) is 1.04. The number of isocyanates is 1. The Bertz CT molecular complexity index is 463. The maximum absolute atomic E-state index is 11.2. The van der Waals surface area contributed by atoms with Crippen LogP contribution >= 0.6 is 0 Å². The van der Waals surface area contributed by atoms with E-state index < -0.39 is 10.2 Å². The molecular formula is C9H10N2O3S. The molecular weight excluding hydrogens is 216 g/mol. The van der Waals surface area contributed by atoms with Gasteiger partial charge in [0.05, 0.1) is 0 Å². The molecule has 0 aliphatic heterocycles. The molecule has 1 aromatic carbocycles. The minimum atomic E-state index is -3.87. The Labute approximate surface area is 88.2 Å². The van der Waals surface area contributed by atoms with Gasteiger partial charge in [-0.05, 0) is 5.56 Å². The molecule has 0 saturated carbocycles. The Kier molecular flexibility index (Phi) is 3.74. The molecule has 0 bridgehead atoms. The van der Waals surface area contributed by atoms with Crippen molar-refractivity contribution in [2.45, 2.75) is 6.54 Å². The van der Waals surface area contributed by atoms with Gasteiger partial charge < -0.3 is 0 Å². The summed E-state index contributed by atoms with van der Waals surface area (Å²) in [6.07, 6.45) is 1.02. The molecule has 0 fully saturated rings. The van der Waals surface area contributed by atoms with Gasteiger partial charge in [0, 0.05) is 13.6 Å². The van der Waals surface area contributed by atoms with Crippen LogP contribution in [0.3, 0.4) is 0 Å². The number of benzene rings is 1. The van der Waals surface area contributed by atoms with Crippen LogP contribution in [0, 0.1) is 0 Å². The summed E-state index contributed by atoms with van der Waals surface area (Å²) in [4.78, 5) is 9.88. The number of hydrogen-bond acceptors (Lipinski definition) is 3. The van der Waals surface area contributed by atoms with Crippen molar-refractivity contribution >= 4 is 16.3 Å². The minimum absolute atomic E-state index is 0.175. The van der Waals surface area contributed by atoms with Gasteiger partial charge in [-0.1, -0.05) is 34.7 Å². The van der Waals surface area contributed by atoms with Gasteiger partial charge in [0.25, 0.3) is 6.08 Å². The molecule has 0 aromatic heterocycles. The highest BCUT2D eigenvalue weighted by atomic mass is 32.2. The largest absolute Gasteiger partial charge is 0.332 e. The van der Waals surface area contributed by atoms with E-state index >= 15 is 0 Å². The summed E-state index contributed by atoms with van der Waals surface area (Å²) in [5.41, 5.74) is 0.824. The zero-order valence-corrected chi connectivity index (χ0v) is 8.94. The first-order valence-corrected chi connectivity index (χ1v) is 5.55. The van der Waals surface area contributed by atoms with Crippen LogP contribution in [-0.2, 0) is 21.5 Å². The van der Waals surface area contributed by atoms with Crippen molar-refractivity contribution < 1.29 is 13.2 Å². The van der Waals surface area contributed by atoms with Crippen LogP contribution in [0.5, 0.6) is 0 Å². The van der Waals surface area contributed by atoms with Gasteiger partial charge in [0.2, 0.25) is 0 Å². The van der Waals surface area contributed by atoms with Crippen LogP contribution in [0.4, 0.5) is 0 Å². The first-order chi connectivity index (χ1) is 7.06. The maximum atomic E-state index is 11.2. The Hall–Kier alpha value is -1.49. The van der Waals surface area contributed by atoms with E-state index in [1.165, 1.54) is 7.05 Å². The average molecular weight is 226 g/mol. The third-order valence-corrected chi connectivity index (χ3v) is 3.02. The fourth-order valence-corrected chi connectivity index (χ4v) is 1.58. The lowest BCUT2D eigenvalue weighted by atomic mass is 10.2. The number of rotatable bonds is 4. The molecule has 1 rings (SSSR count). The third kappa shape index (κ3) is 3.28. The van der Waals surface area contributed by atoms with Gasteiger partial charge in [-0.2, -0.15) is 12.7 Å². The predicted octanol–water partition coefficient (Wildman–Crippen LogP) is 0.699. The van der Waals surface area contributed by atoms with Crippen molar-refractivity contribution in [2.24, 2.45) is 4.40 Å². The van der Waals surface area contributed by atoms with Gasteiger partial charge in [-0.3, -0.25) is 0 Å². The molecule has 0 radical (unpaired) electrons. The Balaban J connectivity index is 2.81. The van der Waals surface area contributed by atoms with Crippen LogP contribution < -0.4 is 0 Å². The second-order valence-electron chi connectivity index (χ2n) is 2.90. The number of hydrogen-bond donors (Lipinski definition) is 0. The van der Waals surface area contributed by atoms with E-state index in [4.69, 9.17) is 0 Å². The van der Waals surface area contributed by atoms with Gasteiger partial charge in [-0.25, -0.2) is 4.79 Å². The van der Waals surface area contributed by atoms with Crippen LogP contribution in [0.2, 0.25) is 0 Å². The molecule has 6 heteroatoms. The topological polar surface area (TPSA) is 66.8 Å². The van der Waals surface area contributed by atoms with Crippen molar-refractivity contribution in [1.82, 2.24) is 4.31 Å². The molecule has 0 heterocycles. The van der Waals surface area contributed by atoms with E-state index in [9.17, 15) is 13.2 Å². The molecule has 0 spiro atoms. The van der Waals surface area contributed by atoms with Crippen LogP contribution in [-0.4, -0.2) is 25.9 Å². The summed E-state index contributed by atoms with van der Waals surface area (Å²) in [5.74, 6) is 0. The van der Waals surface area contributed by atoms with E-state index in [2.05, 4.69) is 4.40 Å². The summed E-state index contributed by atoms with van der Waals surface area (Å²) in [6, 6.07) is 9.02. The zero-order valence-electron chi connectivity index (χ0n) is 8.12. The zero-order chi connectivity index (χ0) is 11.3. The first-order valence-electron chi connectivity index (χ1n) is 4.15. The second kappa shape index (κ2) is 4.84. The van der Waals surface area contributed by atoms with Crippen molar-refractivity contribution in [3.8, 4) is 0 Å².